The quantitative estimate of drug-likeness (QED) is 0.0211. The molecule has 0 aliphatic carbocycles. The molecule has 0 fully saturated rings. The summed E-state index contributed by atoms with van der Waals surface area (Å²) in [6.45, 7) is 4.97. The van der Waals surface area contributed by atoms with Crippen LogP contribution in [0.3, 0.4) is 0 Å². The molecule has 0 saturated carbocycles. The molecule has 0 saturated heterocycles. The van der Waals surface area contributed by atoms with E-state index in [0.717, 1.165) is 51.4 Å². The molecule has 0 heterocycles. The summed E-state index contributed by atoms with van der Waals surface area (Å²) in [5.74, 6) is -1.96. The van der Waals surface area contributed by atoms with Gasteiger partial charge in [-0.25, -0.2) is 4.79 Å². The first-order valence-corrected chi connectivity index (χ1v) is 48.2. The molecule has 0 rings (SSSR count). The number of allylic oxidation sites excluding steroid dienone is 6. The van der Waals surface area contributed by atoms with Gasteiger partial charge in [0.15, 0.2) is 6.10 Å². The number of carboxylic acids is 1. The van der Waals surface area contributed by atoms with Crippen LogP contribution in [0.25, 0.3) is 0 Å². The Bertz CT molecular complexity index is 1860. The van der Waals surface area contributed by atoms with Gasteiger partial charge in [-0.1, -0.05) is 487 Å². The number of nitrogens with zero attached hydrogens (tertiary/aromatic N) is 1. The molecule has 0 aliphatic rings. The van der Waals surface area contributed by atoms with Crippen molar-refractivity contribution in [2.24, 2.45) is 0 Å². The zero-order valence-corrected chi connectivity index (χ0v) is 72.9. The molecule has 2 unspecified atom stereocenters. The predicted octanol–water partition coefficient (Wildman–Crippen LogP) is 31.7. The number of hydrogen-bond donors (Lipinski definition) is 1. The third kappa shape index (κ3) is 90.6. The number of rotatable bonds is 92. The van der Waals surface area contributed by atoms with Gasteiger partial charge in [0.2, 0.25) is 0 Å². The molecule has 0 spiro atoms. The van der Waals surface area contributed by atoms with E-state index < -0.39 is 18.4 Å². The van der Waals surface area contributed by atoms with E-state index in [4.69, 9.17) is 18.9 Å². The third-order valence-corrected chi connectivity index (χ3v) is 22.4. The van der Waals surface area contributed by atoms with Gasteiger partial charge in [-0.2, -0.15) is 0 Å². The minimum Gasteiger partial charge on any atom is -0.477 e. The first-order chi connectivity index (χ1) is 52.6. The number of ether oxygens (including phenoxy) is 4. The summed E-state index contributed by atoms with van der Waals surface area (Å²) in [5.41, 5.74) is 0. The van der Waals surface area contributed by atoms with Gasteiger partial charge in [-0.3, -0.25) is 9.59 Å². The van der Waals surface area contributed by atoms with Gasteiger partial charge in [0.05, 0.1) is 34.4 Å². The van der Waals surface area contributed by atoms with Crippen molar-refractivity contribution in [3.05, 3.63) is 36.5 Å². The van der Waals surface area contributed by atoms with Crippen LogP contribution < -0.4 is 0 Å². The average Bonchev–Trinajstić information content (AvgIpc) is 0.965. The smallest absolute Gasteiger partial charge is 0.361 e. The minimum atomic E-state index is -1.51. The van der Waals surface area contributed by atoms with Crippen molar-refractivity contribution in [1.29, 1.82) is 0 Å². The van der Waals surface area contributed by atoms with Crippen LogP contribution in [0.1, 0.15) is 515 Å². The van der Waals surface area contributed by atoms with Crippen LogP contribution in [0.15, 0.2) is 36.5 Å². The first kappa shape index (κ1) is 105. The number of quaternary nitrogens is 1. The fourth-order valence-corrected chi connectivity index (χ4v) is 15.1. The Morgan fingerprint density at radius 1 is 0.280 bits per heavy atom. The highest BCUT2D eigenvalue weighted by atomic mass is 16.7. The maximum atomic E-state index is 13.0. The Balaban J connectivity index is 3.85. The van der Waals surface area contributed by atoms with Crippen molar-refractivity contribution in [2.45, 2.75) is 527 Å². The van der Waals surface area contributed by atoms with E-state index in [1.807, 2.05) is 21.1 Å². The van der Waals surface area contributed by atoms with Gasteiger partial charge in [-0.05, 0) is 51.4 Å². The first-order valence-electron chi connectivity index (χ1n) is 48.2. The third-order valence-electron chi connectivity index (χ3n) is 22.4. The highest BCUT2D eigenvalue weighted by Gasteiger charge is 2.25. The van der Waals surface area contributed by atoms with Crippen molar-refractivity contribution in [3.63, 3.8) is 0 Å². The van der Waals surface area contributed by atoms with Gasteiger partial charge in [-0.15, -0.1) is 0 Å². The molecule has 632 valence electrons. The maximum Gasteiger partial charge on any atom is 0.361 e. The second-order valence-corrected chi connectivity index (χ2v) is 34.4. The summed E-state index contributed by atoms with van der Waals surface area (Å²) in [6.07, 6.45) is 115. The van der Waals surface area contributed by atoms with E-state index >= 15 is 0 Å². The minimum absolute atomic E-state index is 0.174. The fourth-order valence-electron chi connectivity index (χ4n) is 15.1. The van der Waals surface area contributed by atoms with Crippen molar-refractivity contribution in [2.75, 3.05) is 47.5 Å². The molecule has 0 amide bonds. The van der Waals surface area contributed by atoms with Crippen molar-refractivity contribution in [3.8, 4) is 0 Å². The summed E-state index contributed by atoms with van der Waals surface area (Å²) in [4.78, 5) is 37.9. The normalized spacial score (nSPS) is 12.6. The summed E-state index contributed by atoms with van der Waals surface area (Å²) in [7, 11) is 6.01. The molecule has 1 N–H and O–H groups in total. The standard InChI is InChI=1S/C98H187NO8/c1-6-8-10-12-14-16-18-20-22-24-26-28-30-32-34-36-38-40-42-44-46-48-50-52-54-56-58-60-62-64-66-68-70-72-74-76-78-80-82-84-86-88-95(100)105-92-94(93-106-98(97(102)103)104-91-90-99(3,4)5)107-96(101)89-87-85-83-81-79-77-75-73-71-69-67-65-63-61-59-57-55-53-51-49-47-45-43-41-39-37-35-33-31-29-27-25-23-21-19-17-15-13-11-9-7-2/h19,21,25,27,31,33,94,98H,6-18,20,22-24,26,28-30,32,34-93H2,1-5H3/p+1/b21-19-,27-25-,33-31-. The van der Waals surface area contributed by atoms with Crippen LogP contribution in [-0.2, 0) is 33.3 Å². The van der Waals surface area contributed by atoms with Crippen molar-refractivity contribution >= 4 is 17.9 Å². The van der Waals surface area contributed by atoms with E-state index in [2.05, 4.69) is 50.3 Å². The monoisotopic (exact) mass is 1510 g/mol. The molecule has 2 atom stereocenters. The highest BCUT2D eigenvalue weighted by molar-refractivity contribution is 5.71. The average molecular weight is 1510 g/mol. The second kappa shape index (κ2) is 89.1. The maximum absolute atomic E-state index is 13.0. The lowest BCUT2D eigenvalue weighted by molar-refractivity contribution is -0.870. The summed E-state index contributed by atoms with van der Waals surface area (Å²) >= 11 is 0. The molecular weight excluding hydrogens is 1320 g/mol. The molecule has 9 heteroatoms. The van der Waals surface area contributed by atoms with Gasteiger partial charge in [0, 0.05) is 12.8 Å². The molecule has 0 aromatic rings. The topological polar surface area (TPSA) is 108 Å². The zero-order chi connectivity index (χ0) is 77.4. The number of carbonyl (C=O) groups is 3. The van der Waals surface area contributed by atoms with Crippen LogP contribution in [0.4, 0.5) is 0 Å². The number of unbranched alkanes of at least 4 members (excludes halogenated alkanes) is 71. The lowest BCUT2D eigenvalue weighted by Gasteiger charge is -2.25. The Kier molecular flexibility index (Phi) is 87.0. The van der Waals surface area contributed by atoms with E-state index in [0.29, 0.717) is 17.4 Å². The van der Waals surface area contributed by atoms with Gasteiger partial charge in [0.1, 0.15) is 13.2 Å². The lowest BCUT2D eigenvalue weighted by atomic mass is 10.0. The Morgan fingerprint density at radius 3 is 0.748 bits per heavy atom. The Hall–Kier alpha value is -2.49. The van der Waals surface area contributed by atoms with Crippen LogP contribution >= 0.6 is 0 Å². The van der Waals surface area contributed by atoms with Crippen LogP contribution in [0.2, 0.25) is 0 Å². The fraction of sp³-hybridized carbons (Fsp3) is 0.908. The Morgan fingerprint density at radius 2 is 0.505 bits per heavy atom. The largest absolute Gasteiger partial charge is 0.477 e. The predicted molar refractivity (Wildman–Crippen MR) is 466 cm³/mol. The summed E-state index contributed by atoms with van der Waals surface area (Å²) in [6, 6.07) is 0. The Labute approximate surface area is 668 Å². The number of likely N-dealkylation sites (N-methyl/N-ethyl adjacent to an activating group) is 1. The SMILES string of the molecule is CCCCCCC/C=C\C/C=C\C/C=C\CCCCCCCCCCCCCCCCCCCCCCCCCCCCC(=O)OC(COC(=O)CCCCCCCCCCCCCCCCCCCCCCCCCCCCCCCCCCCCCCCCCCC)COC(OCC[N+](C)(C)C)C(=O)O. The number of hydrogen-bond acceptors (Lipinski definition) is 7. The number of aliphatic carboxylic acids is 1. The van der Waals surface area contributed by atoms with Gasteiger partial charge < -0.3 is 28.5 Å². The van der Waals surface area contributed by atoms with E-state index in [-0.39, 0.29) is 38.2 Å². The van der Waals surface area contributed by atoms with Crippen LogP contribution in [0.5, 0.6) is 0 Å². The molecule has 9 nitrogen and oxygen atoms in total. The van der Waals surface area contributed by atoms with E-state index in [9.17, 15) is 19.5 Å². The molecule has 0 aliphatic heterocycles. The number of esters is 2. The molecule has 0 bridgehead atoms. The van der Waals surface area contributed by atoms with E-state index in [1.54, 1.807) is 0 Å². The molecule has 0 aromatic carbocycles. The van der Waals surface area contributed by atoms with Crippen molar-refractivity contribution < 1.29 is 42.9 Å². The number of carbonyl (C=O) groups excluding carboxylic acids is 2. The molecular formula is C98H188NO8+. The van der Waals surface area contributed by atoms with Crippen LogP contribution in [-0.4, -0.2) is 87.4 Å². The second-order valence-electron chi connectivity index (χ2n) is 34.4. The van der Waals surface area contributed by atoms with Crippen LogP contribution in [0, 0.1) is 0 Å². The molecule has 0 radical (unpaired) electrons. The van der Waals surface area contributed by atoms with Gasteiger partial charge >= 0.3 is 17.9 Å². The number of carboxylic acid groups (broad SMARTS) is 1. The van der Waals surface area contributed by atoms with Gasteiger partial charge in [0.25, 0.3) is 6.29 Å². The summed E-state index contributed by atoms with van der Waals surface area (Å²) < 4.78 is 23.1. The highest BCUT2D eigenvalue weighted by Crippen LogP contribution is 2.22. The lowest BCUT2D eigenvalue weighted by Crippen LogP contribution is -2.40. The molecule has 0 aromatic heterocycles. The summed E-state index contributed by atoms with van der Waals surface area (Å²) in [5, 5.41) is 9.80. The van der Waals surface area contributed by atoms with E-state index in [1.165, 1.54) is 437 Å². The van der Waals surface area contributed by atoms with Crippen molar-refractivity contribution in [1.82, 2.24) is 0 Å². The zero-order valence-electron chi connectivity index (χ0n) is 72.9. The molecule has 107 heavy (non-hydrogen) atoms.